The number of rotatable bonds is 6. The molecule has 160 valence electrons. The Morgan fingerprint density at radius 3 is 2.81 bits per heavy atom. The summed E-state index contributed by atoms with van der Waals surface area (Å²) in [6.45, 7) is 3.18. The summed E-state index contributed by atoms with van der Waals surface area (Å²) in [5, 5.41) is 16.1. The van der Waals surface area contributed by atoms with Crippen molar-refractivity contribution in [3.05, 3.63) is 53.3 Å². The Morgan fingerprint density at radius 1 is 1.39 bits per heavy atom. The predicted molar refractivity (Wildman–Crippen MR) is 114 cm³/mol. The van der Waals surface area contributed by atoms with Crippen LogP contribution in [0.3, 0.4) is 0 Å². The van der Waals surface area contributed by atoms with Crippen LogP contribution in [0.2, 0.25) is 0 Å². The first kappa shape index (κ1) is 20.8. The van der Waals surface area contributed by atoms with E-state index in [1.54, 1.807) is 18.3 Å². The third kappa shape index (κ3) is 4.49. The van der Waals surface area contributed by atoms with E-state index in [9.17, 15) is 4.79 Å². The number of carbonyl (C=O) groups excluding carboxylic acids is 1. The standard InChI is InChI=1S/C22H25N7O2/c1-15(19-3-2-4-20(27-19)26-14-24)31-13-22(30)28-11-17-6-7-18(12-28)29(17)21-8-5-16(9-23)10-25-21/h2-5,8,10,14-15,17-18H,6-7,11-13H2,1H3,(H2,24,26,27)/t15-,17?,18?/m0/s1. The Balaban J connectivity index is 1.35. The second kappa shape index (κ2) is 9.10. The summed E-state index contributed by atoms with van der Waals surface area (Å²) in [5.74, 6) is 0.853. The number of fused-ring (bicyclic) bond motifs is 2. The van der Waals surface area contributed by atoms with Gasteiger partial charge >= 0.3 is 0 Å². The van der Waals surface area contributed by atoms with Gasteiger partial charge in [-0.3, -0.25) is 10.2 Å². The van der Waals surface area contributed by atoms with Gasteiger partial charge in [0.15, 0.2) is 0 Å². The Bertz CT molecular complexity index is 1040. The number of anilines is 1. The lowest BCUT2D eigenvalue weighted by molar-refractivity contribution is -0.139. The van der Waals surface area contributed by atoms with Crippen molar-refractivity contribution >= 4 is 18.1 Å². The Labute approximate surface area is 180 Å². The molecule has 0 spiro atoms. The summed E-state index contributed by atoms with van der Waals surface area (Å²) in [4.78, 5) is 28.5. The molecule has 2 unspecified atom stereocenters. The molecule has 2 aliphatic rings. The molecule has 9 heteroatoms. The van der Waals surface area contributed by atoms with E-state index in [4.69, 9.17) is 15.4 Å². The fraction of sp³-hybridized carbons (Fsp3) is 0.409. The fourth-order valence-electron chi connectivity index (χ4n) is 4.32. The third-order valence-corrected chi connectivity index (χ3v) is 5.88. The first-order valence-electron chi connectivity index (χ1n) is 10.3. The Hall–Kier alpha value is -3.51. The molecule has 0 aromatic carbocycles. The highest BCUT2D eigenvalue weighted by molar-refractivity contribution is 5.78. The summed E-state index contributed by atoms with van der Waals surface area (Å²) in [6.07, 6.45) is 4.32. The maximum Gasteiger partial charge on any atom is 0.248 e. The zero-order chi connectivity index (χ0) is 21.8. The van der Waals surface area contributed by atoms with E-state index in [1.807, 2.05) is 30.0 Å². The average Bonchev–Trinajstić information content (AvgIpc) is 3.06. The zero-order valence-electron chi connectivity index (χ0n) is 17.4. The molecule has 3 atom stereocenters. The van der Waals surface area contributed by atoms with Crippen molar-refractivity contribution in [3.8, 4) is 6.07 Å². The first-order chi connectivity index (χ1) is 15.1. The number of hydrogen-bond acceptors (Lipinski definition) is 6. The molecule has 4 heterocycles. The van der Waals surface area contributed by atoms with E-state index >= 15 is 0 Å². The number of nitriles is 1. The molecule has 2 aromatic heterocycles. The number of likely N-dealkylation sites (tertiary alicyclic amines) is 1. The van der Waals surface area contributed by atoms with Gasteiger partial charge in [-0.05, 0) is 44.0 Å². The van der Waals surface area contributed by atoms with E-state index < -0.39 is 0 Å². The minimum Gasteiger partial charge on any atom is -0.362 e. The van der Waals surface area contributed by atoms with Gasteiger partial charge in [-0.1, -0.05) is 6.07 Å². The van der Waals surface area contributed by atoms with E-state index in [0.717, 1.165) is 30.7 Å². The lowest BCUT2D eigenvalue weighted by Crippen LogP contribution is -2.56. The van der Waals surface area contributed by atoms with Crippen LogP contribution >= 0.6 is 0 Å². The lowest BCUT2D eigenvalue weighted by Gasteiger charge is -2.41. The van der Waals surface area contributed by atoms with Crippen molar-refractivity contribution in [2.75, 3.05) is 24.6 Å². The lowest BCUT2D eigenvalue weighted by atomic mass is 10.1. The van der Waals surface area contributed by atoms with Gasteiger partial charge in [-0.25, -0.2) is 9.98 Å². The summed E-state index contributed by atoms with van der Waals surface area (Å²) >= 11 is 0. The number of pyridine rings is 2. The minimum absolute atomic E-state index is 0.00943. The quantitative estimate of drug-likeness (QED) is 0.546. The minimum atomic E-state index is -0.300. The van der Waals surface area contributed by atoms with Crippen LogP contribution in [-0.2, 0) is 9.53 Å². The van der Waals surface area contributed by atoms with Gasteiger partial charge in [0.05, 0.1) is 11.7 Å². The molecular formula is C22H25N7O2. The van der Waals surface area contributed by atoms with Crippen LogP contribution in [0.5, 0.6) is 0 Å². The van der Waals surface area contributed by atoms with E-state index in [0.29, 0.717) is 24.1 Å². The molecule has 2 N–H and O–H groups in total. The van der Waals surface area contributed by atoms with Crippen LogP contribution in [0.1, 0.15) is 37.1 Å². The topological polar surface area (TPSA) is 121 Å². The Kier molecular flexibility index (Phi) is 6.09. The zero-order valence-corrected chi connectivity index (χ0v) is 17.4. The third-order valence-electron chi connectivity index (χ3n) is 5.88. The van der Waals surface area contributed by atoms with Crippen LogP contribution in [0, 0.1) is 16.7 Å². The van der Waals surface area contributed by atoms with Crippen molar-refractivity contribution in [1.29, 1.82) is 10.7 Å². The summed E-state index contributed by atoms with van der Waals surface area (Å²) in [5.41, 5.74) is 1.91. The monoisotopic (exact) mass is 419 g/mol. The molecule has 2 aliphatic heterocycles. The van der Waals surface area contributed by atoms with Gasteiger partial charge in [-0.2, -0.15) is 5.26 Å². The van der Waals surface area contributed by atoms with Gasteiger partial charge in [0, 0.05) is 37.1 Å². The van der Waals surface area contributed by atoms with Gasteiger partial charge in [-0.15, -0.1) is 0 Å². The highest BCUT2D eigenvalue weighted by atomic mass is 16.5. The van der Waals surface area contributed by atoms with Crippen LogP contribution in [0.4, 0.5) is 5.82 Å². The number of hydrogen-bond donors (Lipinski definition) is 2. The van der Waals surface area contributed by atoms with Crippen molar-refractivity contribution in [2.24, 2.45) is 4.99 Å². The van der Waals surface area contributed by atoms with Crippen molar-refractivity contribution in [1.82, 2.24) is 14.9 Å². The van der Waals surface area contributed by atoms with Gasteiger partial charge < -0.3 is 19.5 Å². The number of aromatic amines is 1. The number of aromatic nitrogens is 2. The second-order valence-electron chi connectivity index (χ2n) is 7.81. The van der Waals surface area contributed by atoms with E-state index in [2.05, 4.69) is 25.9 Å². The van der Waals surface area contributed by atoms with Crippen LogP contribution in [0.15, 0.2) is 41.5 Å². The van der Waals surface area contributed by atoms with Crippen LogP contribution in [-0.4, -0.2) is 58.9 Å². The van der Waals surface area contributed by atoms with Gasteiger partial charge in [0.25, 0.3) is 0 Å². The maximum atomic E-state index is 12.8. The molecule has 2 bridgehead atoms. The van der Waals surface area contributed by atoms with Crippen molar-refractivity contribution in [2.45, 2.75) is 38.0 Å². The van der Waals surface area contributed by atoms with Gasteiger partial charge in [0.2, 0.25) is 5.91 Å². The maximum absolute atomic E-state index is 12.8. The van der Waals surface area contributed by atoms with Crippen LogP contribution < -0.4 is 10.4 Å². The first-order valence-corrected chi connectivity index (χ1v) is 10.3. The number of carbonyl (C=O) groups is 1. The molecule has 0 radical (unpaired) electrons. The normalized spacial score (nSPS) is 21.6. The molecule has 4 rings (SSSR count). The van der Waals surface area contributed by atoms with Crippen molar-refractivity contribution < 1.29 is 9.53 Å². The summed E-state index contributed by atoms with van der Waals surface area (Å²) < 4.78 is 5.83. The highest BCUT2D eigenvalue weighted by Crippen LogP contribution is 2.34. The van der Waals surface area contributed by atoms with Crippen molar-refractivity contribution in [3.63, 3.8) is 0 Å². The molecule has 31 heavy (non-hydrogen) atoms. The number of H-pyrrole nitrogens is 1. The number of nitrogens with one attached hydrogen (secondary N) is 2. The summed E-state index contributed by atoms with van der Waals surface area (Å²) in [7, 11) is 0. The van der Waals surface area contributed by atoms with E-state index in [-0.39, 0.29) is 30.7 Å². The largest absolute Gasteiger partial charge is 0.362 e. The molecule has 2 saturated heterocycles. The average molecular weight is 419 g/mol. The SMILES string of the molecule is C[C@H](OCC(=O)N1CC2CCC(C1)N2c1ccc(C#N)cn1)c1ccc/c(=N/C=N)[nH]1. The number of nitrogens with zero attached hydrogens (tertiary/aromatic N) is 5. The van der Waals surface area contributed by atoms with Crippen LogP contribution in [0.25, 0.3) is 0 Å². The van der Waals surface area contributed by atoms with Gasteiger partial charge in [0.1, 0.15) is 30.3 Å². The number of ether oxygens (including phenoxy) is 1. The molecule has 2 aromatic rings. The molecule has 0 aliphatic carbocycles. The molecule has 9 nitrogen and oxygen atoms in total. The molecule has 0 saturated carbocycles. The van der Waals surface area contributed by atoms with E-state index in [1.165, 1.54) is 0 Å². The number of piperazine rings is 1. The molecule has 1 amide bonds. The Morgan fingerprint density at radius 2 is 2.16 bits per heavy atom. The molecular weight excluding hydrogens is 394 g/mol. The second-order valence-corrected chi connectivity index (χ2v) is 7.81. The predicted octanol–water partition coefficient (Wildman–Crippen LogP) is 1.75. The number of amides is 1. The highest BCUT2D eigenvalue weighted by Gasteiger charge is 2.41. The fourth-order valence-corrected chi connectivity index (χ4v) is 4.32. The smallest absolute Gasteiger partial charge is 0.248 e. The summed E-state index contributed by atoms with van der Waals surface area (Å²) in [6, 6.07) is 11.7. The molecule has 2 fully saturated rings.